The Labute approximate surface area is 210 Å². The van der Waals surface area contributed by atoms with Crippen LogP contribution in [0.1, 0.15) is 21.7 Å². The van der Waals surface area contributed by atoms with E-state index in [-0.39, 0.29) is 5.75 Å². The second kappa shape index (κ2) is 10.1. The van der Waals surface area contributed by atoms with Gasteiger partial charge >= 0.3 is 12.3 Å². The SMILES string of the molecule is O=C(Nc1ccc2c(c1)CCN(Cc1nccs1)C2)Oc1ccccc1-c1ccc(C(F)(F)F)cc1. The normalized spacial score (nSPS) is 13.8. The number of carbonyl (C=O) groups is 1. The molecule has 2 heterocycles. The highest BCUT2D eigenvalue weighted by Crippen LogP contribution is 2.34. The van der Waals surface area contributed by atoms with Crippen LogP contribution in [0.5, 0.6) is 5.75 Å². The Bertz CT molecular complexity index is 1360. The fourth-order valence-electron chi connectivity index (χ4n) is 4.22. The molecule has 0 unspecified atom stereocenters. The summed E-state index contributed by atoms with van der Waals surface area (Å²) >= 11 is 1.65. The van der Waals surface area contributed by atoms with Crippen molar-refractivity contribution in [2.75, 3.05) is 11.9 Å². The molecule has 1 amide bonds. The quantitative estimate of drug-likeness (QED) is 0.315. The number of thiazole rings is 1. The highest BCUT2D eigenvalue weighted by Gasteiger charge is 2.30. The van der Waals surface area contributed by atoms with Crippen LogP contribution in [0.25, 0.3) is 11.1 Å². The van der Waals surface area contributed by atoms with Crippen LogP contribution in [0.4, 0.5) is 23.7 Å². The fourth-order valence-corrected chi connectivity index (χ4v) is 4.88. The molecule has 0 radical (unpaired) electrons. The summed E-state index contributed by atoms with van der Waals surface area (Å²) in [6, 6.07) is 17.3. The standard InChI is InChI=1S/C27H22F3N3O2S/c28-27(29,30)21-8-5-18(6-9-21)23-3-1-2-4-24(23)35-26(34)32-22-10-7-20-16-33(13-11-19(20)15-22)17-25-31-12-14-36-25/h1-10,12,14-15H,11,13,16-17H2,(H,32,34). The van der Waals surface area contributed by atoms with Crippen LogP contribution in [0.3, 0.4) is 0 Å². The number of halogens is 3. The van der Waals surface area contributed by atoms with Crippen LogP contribution in [0, 0.1) is 0 Å². The minimum atomic E-state index is -4.41. The van der Waals surface area contributed by atoms with E-state index in [2.05, 4.69) is 15.2 Å². The molecule has 1 aliphatic rings. The van der Waals surface area contributed by atoms with Gasteiger partial charge < -0.3 is 4.74 Å². The Balaban J connectivity index is 1.25. The summed E-state index contributed by atoms with van der Waals surface area (Å²) in [5.74, 6) is 0.255. The monoisotopic (exact) mass is 509 g/mol. The molecule has 5 rings (SSSR count). The summed E-state index contributed by atoms with van der Waals surface area (Å²) in [5, 5.41) is 5.84. The van der Waals surface area contributed by atoms with E-state index in [0.717, 1.165) is 43.2 Å². The topological polar surface area (TPSA) is 54.5 Å². The summed E-state index contributed by atoms with van der Waals surface area (Å²) in [7, 11) is 0. The van der Waals surface area contributed by atoms with Crippen molar-refractivity contribution < 1.29 is 22.7 Å². The van der Waals surface area contributed by atoms with Crippen LogP contribution in [-0.2, 0) is 25.7 Å². The molecule has 0 saturated carbocycles. The van der Waals surface area contributed by atoms with Crippen LogP contribution < -0.4 is 10.1 Å². The fraction of sp³-hybridized carbons (Fsp3) is 0.185. The molecule has 1 N–H and O–H groups in total. The van der Waals surface area contributed by atoms with Crippen molar-refractivity contribution in [3.8, 4) is 16.9 Å². The zero-order valence-corrected chi connectivity index (χ0v) is 19.9. The molecule has 0 fully saturated rings. The van der Waals surface area contributed by atoms with E-state index in [9.17, 15) is 18.0 Å². The third-order valence-corrected chi connectivity index (χ3v) is 6.76. The van der Waals surface area contributed by atoms with Gasteiger partial charge in [-0.05, 0) is 53.4 Å². The Morgan fingerprint density at radius 3 is 2.61 bits per heavy atom. The van der Waals surface area contributed by atoms with Gasteiger partial charge in [0.05, 0.1) is 12.1 Å². The molecule has 0 aliphatic carbocycles. The molecule has 5 nitrogen and oxygen atoms in total. The van der Waals surface area contributed by atoms with Gasteiger partial charge in [0, 0.05) is 35.9 Å². The molecule has 0 atom stereocenters. The maximum absolute atomic E-state index is 12.9. The van der Waals surface area contributed by atoms with Crippen LogP contribution in [0.15, 0.2) is 78.3 Å². The lowest BCUT2D eigenvalue weighted by molar-refractivity contribution is -0.137. The van der Waals surface area contributed by atoms with Gasteiger partial charge in [-0.1, -0.05) is 36.4 Å². The van der Waals surface area contributed by atoms with E-state index in [4.69, 9.17) is 4.74 Å². The van der Waals surface area contributed by atoms with E-state index in [1.165, 1.54) is 23.3 Å². The van der Waals surface area contributed by atoms with Gasteiger partial charge in [-0.2, -0.15) is 13.2 Å². The van der Waals surface area contributed by atoms with Crippen LogP contribution in [-0.4, -0.2) is 22.5 Å². The van der Waals surface area contributed by atoms with E-state index in [0.29, 0.717) is 16.8 Å². The van der Waals surface area contributed by atoms with Crippen molar-refractivity contribution in [3.05, 3.63) is 100 Å². The average molecular weight is 510 g/mol. The maximum atomic E-state index is 12.9. The first-order valence-corrected chi connectivity index (χ1v) is 12.2. The number of para-hydroxylation sites is 1. The number of carbonyl (C=O) groups excluding carboxylic acids is 1. The third-order valence-electron chi connectivity index (χ3n) is 6.00. The predicted molar refractivity (Wildman–Crippen MR) is 133 cm³/mol. The summed E-state index contributed by atoms with van der Waals surface area (Å²) in [4.78, 5) is 19.4. The predicted octanol–water partition coefficient (Wildman–Crippen LogP) is 7.00. The van der Waals surface area contributed by atoms with Crippen LogP contribution in [0.2, 0.25) is 0 Å². The molecule has 3 aromatic carbocycles. The molecule has 36 heavy (non-hydrogen) atoms. The number of aromatic nitrogens is 1. The number of hydrogen-bond acceptors (Lipinski definition) is 5. The lowest BCUT2D eigenvalue weighted by Gasteiger charge is -2.28. The molecule has 0 spiro atoms. The molecule has 184 valence electrons. The Kier molecular flexibility index (Phi) is 6.75. The second-order valence-electron chi connectivity index (χ2n) is 8.46. The zero-order valence-electron chi connectivity index (χ0n) is 19.1. The minimum absolute atomic E-state index is 0.255. The first-order valence-electron chi connectivity index (χ1n) is 11.3. The molecule has 1 aliphatic heterocycles. The van der Waals surface area contributed by atoms with Crippen molar-refractivity contribution in [1.82, 2.24) is 9.88 Å². The van der Waals surface area contributed by atoms with Gasteiger partial charge in [-0.3, -0.25) is 10.2 Å². The van der Waals surface area contributed by atoms with Crippen molar-refractivity contribution >= 4 is 23.1 Å². The first-order chi connectivity index (χ1) is 17.3. The molecule has 1 aromatic heterocycles. The van der Waals surface area contributed by atoms with Crippen molar-refractivity contribution in [3.63, 3.8) is 0 Å². The maximum Gasteiger partial charge on any atom is 0.417 e. The summed E-state index contributed by atoms with van der Waals surface area (Å²) in [5.41, 5.74) is 3.31. The number of nitrogens with one attached hydrogen (secondary N) is 1. The second-order valence-corrected chi connectivity index (χ2v) is 9.43. The highest BCUT2D eigenvalue weighted by atomic mass is 32.1. The number of rotatable bonds is 5. The number of nitrogens with zero attached hydrogens (tertiary/aromatic N) is 2. The molecular formula is C27H22F3N3O2S. The molecule has 0 bridgehead atoms. The van der Waals surface area contributed by atoms with E-state index in [1.54, 1.807) is 35.6 Å². The molecular weight excluding hydrogens is 487 g/mol. The van der Waals surface area contributed by atoms with Gasteiger partial charge in [-0.25, -0.2) is 9.78 Å². The third kappa shape index (κ3) is 5.58. The minimum Gasteiger partial charge on any atom is -0.409 e. The number of hydrogen-bond donors (Lipinski definition) is 1. The van der Waals surface area contributed by atoms with Crippen molar-refractivity contribution in [1.29, 1.82) is 0 Å². The van der Waals surface area contributed by atoms with Crippen LogP contribution >= 0.6 is 11.3 Å². The Morgan fingerprint density at radius 2 is 1.86 bits per heavy atom. The highest BCUT2D eigenvalue weighted by molar-refractivity contribution is 7.09. The average Bonchev–Trinajstić information content (AvgIpc) is 3.37. The number of alkyl halides is 3. The van der Waals surface area contributed by atoms with Gasteiger partial charge in [-0.15, -0.1) is 11.3 Å². The first kappa shape index (κ1) is 24.0. The van der Waals surface area contributed by atoms with E-state index >= 15 is 0 Å². The number of benzene rings is 3. The van der Waals surface area contributed by atoms with Crippen molar-refractivity contribution in [2.24, 2.45) is 0 Å². The summed E-state index contributed by atoms with van der Waals surface area (Å²) in [6.07, 6.45) is -2.41. The van der Waals surface area contributed by atoms with Gasteiger partial charge in [0.1, 0.15) is 10.8 Å². The summed E-state index contributed by atoms with van der Waals surface area (Å²) < 4.78 is 44.2. The van der Waals surface area contributed by atoms with Gasteiger partial charge in [0.15, 0.2) is 0 Å². The zero-order chi connectivity index (χ0) is 25.1. The van der Waals surface area contributed by atoms with Gasteiger partial charge in [0.25, 0.3) is 0 Å². The molecule has 4 aromatic rings. The van der Waals surface area contributed by atoms with E-state index in [1.807, 2.05) is 29.8 Å². The number of ether oxygens (including phenoxy) is 1. The largest absolute Gasteiger partial charge is 0.417 e. The van der Waals surface area contributed by atoms with E-state index < -0.39 is 17.8 Å². The molecule has 9 heteroatoms. The number of amides is 1. The summed E-state index contributed by atoms with van der Waals surface area (Å²) in [6.45, 7) is 2.54. The van der Waals surface area contributed by atoms with Crippen molar-refractivity contribution in [2.45, 2.75) is 25.7 Å². The lowest BCUT2D eigenvalue weighted by Crippen LogP contribution is -2.30. The Morgan fingerprint density at radius 1 is 1.06 bits per heavy atom. The smallest absolute Gasteiger partial charge is 0.409 e. The Hall–Kier alpha value is -3.69. The number of fused-ring (bicyclic) bond motifs is 1. The molecule has 0 saturated heterocycles. The van der Waals surface area contributed by atoms with Gasteiger partial charge in [0.2, 0.25) is 0 Å². The lowest BCUT2D eigenvalue weighted by atomic mass is 9.99. The number of anilines is 1.